The molecule has 0 spiro atoms. The number of carbonyl (C=O) groups is 2. The van der Waals surface area contributed by atoms with Gasteiger partial charge in [0.1, 0.15) is 12.6 Å². The molecule has 9 heteroatoms. The van der Waals surface area contributed by atoms with Crippen LogP contribution in [0.15, 0.2) is 82.2 Å². The van der Waals surface area contributed by atoms with Gasteiger partial charge < -0.3 is 10.2 Å². The Morgan fingerprint density at radius 3 is 2.17 bits per heavy atom. The number of nitrogens with one attached hydrogen (secondary N) is 1. The van der Waals surface area contributed by atoms with Crippen molar-refractivity contribution in [3.05, 3.63) is 94.0 Å². The standard InChI is InChI=1S/C27H30BrN3O4S/c1-19-13-20(2)15-24(14-19)31(36(34,35)25-11-6-5-7-12-25)18-26(32)30(21(3)27(33)29-4)17-22-9-8-10-23(28)16-22/h5-16,21H,17-18H2,1-4H3,(H,29,33)/t21-/m0/s1. The van der Waals surface area contributed by atoms with Crippen LogP contribution in [0.25, 0.3) is 0 Å². The lowest BCUT2D eigenvalue weighted by atomic mass is 10.1. The van der Waals surface area contributed by atoms with Crippen LogP contribution in [0.3, 0.4) is 0 Å². The van der Waals surface area contributed by atoms with E-state index in [-0.39, 0.29) is 17.3 Å². The minimum Gasteiger partial charge on any atom is -0.357 e. The number of carbonyl (C=O) groups excluding carboxylic acids is 2. The summed E-state index contributed by atoms with van der Waals surface area (Å²) in [7, 11) is -2.57. The number of halogens is 1. The van der Waals surface area contributed by atoms with Gasteiger partial charge in [-0.15, -0.1) is 0 Å². The summed E-state index contributed by atoms with van der Waals surface area (Å²) in [6, 6.07) is 20.0. The number of likely N-dealkylation sites (N-methyl/N-ethyl adjacent to an activating group) is 1. The van der Waals surface area contributed by atoms with Crippen molar-refractivity contribution in [2.75, 3.05) is 17.9 Å². The molecule has 190 valence electrons. The van der Waals surface area contributed by atoms with Crippen LogP contribution in [0.5, 0.6) is 0 Å². The van der Waals surface area contributed by atoms with Crippen molar-refractivity contribution in [3.63, 3.8) is 0 Å². The Labute approximate surface area is 221 Å². The summed E-state index contributed by atoms with van der Waals surface area (Å²) in [4.78, 5) is 27.8. The quantitative estimate of drug-likeness (QED) is 0.411. The molecule has 0 aliphatic heterocycles. The molecule has 0 heterocycles. The fourth-order valence-corrected chi connectivity index (χ4v) is 5.83. The van der Waals surface area contributed by atoms with Crippen LogP contribution in [0.1, 0.15) is 23.6 Å². The number of sulfonamides is 1. The fourth-order valence-electron chi connectivity index (χ4n) is 3.97. The highest BCUT2D eigenvalue weighted by atomic mass is 79.9. The second-order valence-electron chi connectivity index (χ2n) is 8.61. The first-order valence-electron chi connectivity index (χ1n) is 11.4. The molecule has 1 atom stereocenters. The highest BCUT2D eigenvalue weighted by Gasteiger charge is 2.32. The summed E-state index contributed by atoms with van der Waals surface area (Å²) in [6.07, 6.45) is 0. The van der Waals surface area contributed by atoms with Gasteiger partial charge in [-0.1, -0.05) is 52.3 Å². The lowest BCUT2D eigenvalue weighted by Crippen LogP contribution is -2.50. The Hall–Kier alpha value is -3.17. The number of nitrogens with zero attached hydrogens (tertiary/aromatic N) is 2. The summed E-state index contributed by atoms with van der Waals surface area (Å²) < 4.78 is 29.4. The first-order valence-corrected chi connectivity index (χ1v) is 13.7. The van der Waals surface area contributed by atoms with Crippen LogP contribution in [0.2, 0.25) is 0 Å². The van der Waals surface area contributed by atoms with Gasteiger partial charge in [0.05, 0.1) is 10.6 Å². The number of anilines is 1. The highest BCUT2D eigenvalue weighted by Crippen LogP contribution is 2.26. The number of aryl methyl sites for hydroxylation is 2. The van der Waals surface area contributed by atoms with E-state index in [1.807, 2.05) is 44.2 Å². The largest absolute Gasteiger partial charge is 0.357 e. The van der Waals surface area contributed by atoms with E-state index in [1.54, 1.807) is 37.3 Å². The third-order valence-corrected chi connectivity index (χ3v) is 8.04. The second-order valence-corrected chi connectivity index (χ2v) is 11.4. The summed E-state index contributed by atoms with van der Waals surface area (Å²) in [5, 5.41) is 2.58. The van der Waals surface area contributed by atoms with E-state index in [0.29, 0.717) is 5.69 Å². The zero-order valence-corrected chi connectivity index (χ0v) is 23.1. The first-order chi connectivity index (χ1) is 17.0. The minimum atomic E-state index is -4.07. The van der Waals surface area contributed by atoms with Crippen molar-refractivity contribution in [3.8, 4) is 0 Å². The molecule has 0 saturated heterocycles. The number of hydrogen-bond donors (Lipinski definition) is 1. The van der Waals surface area contributed by atoms with Crippen LogP contribution in [0.4, 0.5) is 5.69 Å². The predicted octanol–water partition coefficient (Wildman–Crippen LogP) is 4.42. The minimum absolute atomic E-state index is 0.0786. The van der Waals surface area contributed by atoms with E-state index in [4.69, 9.17) is 0 Å². The molecule has 3 rings (SSSR count). The maximum Gasteiger partial charge on any atom is 0.264 e. The van der Waals surface area contributed by atoms with Crippen molar-refractivity contribution in [2.24, 2.45) is 0 Å². The van der Waals surface area contributed by atoms with Gasteiger partial charge in [-0.3, -0.25) is 13.9 Å². The van der Waals surface area contributed by atoms with Gasteiger partial charge in [-0.25, -0.2) is 8.42 Å². The van der Waals surface area contributed by atoms with Gasteiger partial charge in [0, 0.05) is 18.1 Å². The molecule has 1 N–H and O–H groups in total. The molecule has 2 amide bonds. The monoisotopic (exact) mass is 571 g/mol. The predicted molar refractivity (Wildman–Crippen MR) is 145 cm³/mol. The molecule has 0 aromatic heterocycles. The highest BCUT2D eigenvalue weighted by molar-refractivity contribution is 9.10. The Morgan fingerprint density at radius 1 is 0.944 bits per heavy atom. The molecule has 0 saturated carbocycles. The summed E-state index contributed by atoms with van der Waals surface area (Å²) >= 11 is 3.43. The molecule has 0 bridgehead atoms. The molecule has 0 aliphatic carbocycles. The summed E-state index contributed by atoms with van der Waals surface area (Å²) in [6.45, 7) is 5.05. The zero-order valence-electron chi connectivity index (χ0n) is 20.7. The molecule has 36 heavy (non-hydrogen) atoms. The van der Waals surface area contributed by atoms with Crippen LogP contribution >= 0.6 is 15.9 Å². The summed E-state index contributed by atoms with van der Waals surface area (Å²) in [5.74, 6) is -0.841. The molecule has 0 radical (unpaired) electrons. The van der Waals surface area contributed by atoms with Crippen molar-refractivity contribution < 1.29 is 18.0 Å². The van der Waals surface area contributed by atoms with Crippen LogP contribution in [-0.2, 0) is 26.2 Å². The van der Waals surface area contributed by atoms with E-state index in [1.165, 1.54) is 24.1 Å². The van der Waals surface area contributed by atoms with Crippen molar-refractivity contribution in [1.29, 1.82) is 0 Å². The lowest BCUT2D eigenvalue weighted by Gasteiger charge is -2.32. The van der Waals surface area contributed by atoms with Gasteiger partial charge in [0.2, 0.25) is 11.8 Å². The zero-order chi connectivity index (χ0) is 26.5. The average molecular weight is 573 g/mol. The van der Waals surface area contributed by atoms with Gasteiger partial charge in [-0.05, 0) is 73.9 Å². The molecule has 0 unspecified atom stereocenters. The van der Waals surface area contributed by atoms with E-state index in [2.05, 4.69) is 21.2 Å². The molecule has 7 nitrogen and oxygen atoms in total. The van der Waals surface area contributed by atoms with Crippen molar-refractivity contribution in [1.82, 2.24) is 10.2 Å². The molecular formula is C27H30BrN3O4S. The fraction of sp³-hybridized carbons (Fsp3) is 0.259. The number of rotatable bonds is 9. The SMILES string of the molecule is CNC(=O)[C@H](C)N(Cc1cccc(Br)c1)C(=O)CN(c1cc(C)cc(C)c1)S(=O)(=O)c1ccccc1. The maximum absolute atomic E-state index is 13.8. The number of hydrogen-bond acceptors (Lipinski definition) is 4. The molecule has 3 aromatic rings. The van der Waals surface area contributed by atoms with Gasteiger partial charge in [0.15, 0.2) is 0 Å². The van der Waals surface area contributed by atoms with Crippen LogP contribution < -0.4 is 9.62 Å². The van der Waals surface area contributed by atoms with Crippen molar-refractivity contribution >= 4 is 43.5 Å². The van der Waals surface area contributed by atoms with Crippen LogP contribution in [-0.4, -0.2) is 44.8 Å². The smallest absolute Gasteiger partial charge is 0.264 e. The first kappa shape index (κ1) is 27.4. The van der Waals surface area contributed by atoms with Gasteiger partial charge in [-0.2, -0.15) is 0 Å². The number of benzene rings is 3. The normalized spacial score (nSPS) is 12.0. The second kappa shape index (κ2) is 11.7. The van der Waals surface area contributed by atoms with E-state index < -0.39 is 28.5 Å². The Bertz CT molecular complexity index is 1330. The van der Waals surface area contributed by atoms with Gasteiger partial charge >= 0.3 is 0 Å². The van der Waals surface area contributed by atoms with E-state index in [0.717, 1.165) is 25.5 Å². The molecule has 0 fully saturated rings. The van der Waals surface area contributed by atoms with E-state index in [9.17, 15) is 18.0 Å². The van der Waals surface area contributed by atoms with Crippen LogP contribution in [0, 0.1) is 13.8 Å². The summed E-state index contributed by atoms with van der Waals surface area (Å²) in [5.41, 5.74) is 2.93. The third-order valence-electron chi connectivity index (χ3n) is 5.76. The lowest BCUT2D eigenvalue weighted by molar-refractivity contribution is -0.139. The topological polar surface area (TPSA) is 86.8 Å². The third kappa shape index (κ3) is 6.53. The Morgan fingerprint density at radius 2 is 1.58 bits per heavy atom. The van der Waals surface area contributed by atoms with Gasteiger partial charge in [0.25, 0.3) is 10.0 Å². The van der Waals surface area contributed by atoms with Crippen molar-refractivity contribution in [2.45, 2.75) is 38.3 Å². The Kier molecular flexibility index (Phi) is 8.92. The van der Waals surface area contributed by atoms with E-state index >= 15 is 0 Å². The molecule has 3 aromatic carbocycles. The molecule has 0 aliphatic rings. The number of amides is 2. The average Bonchev–Trinajstić information content (AvgIpc) is 2.84. The Balaban J connectivity index is 2.06. The maximum atomic E-state index is 13.8. The molecular weight excluding hydrogens is 542 g/mol.